The quantitative estimate of drug-likeness (QED) is 0.863. The molecule has 0 aliphatic carbocycles. The molecule has 0 N–H and O–H groups in total. The van der Waals surface area contributed by atoms with Gasteiger partial charge >= 0.3 is 0 Å². The van der Waals surface area contributed by atoms with Crippen LogP contribution in [0.3, 0.4) is 0 Å². The number of amides is 1. The van der Waals surface area contributed by atoms with Crippen molar-refractivity contribution in [2.45, 2.75) is 19.8 Å². The van der Waals surface area contributed by atoms with Crippen molar-refractivity contribution in [1.82, 2.24) is 0 Å². The van der Waals surface area contributed by atoms with Crippen LogP contribution in [0.4, 0.5) is 11.4 Å². The van der Waals surface area contributed by atoms with Crippen LogP contribution in [0.2, 0.25) is 0 Å². The van der Waals surface area contributed by atoms with Crippen LogP contribution in [0.25, 0.3) is 0 Å². The van der Waals surface area contributed by atoms with Crippen LogP contribution in [0.5, 0.6) is 5.75 Å². The smallest absolute Gasteiger partial charge is 0.231 e. The summed E-state index contributed by atoms with van der Waals surface area (Å²) in [5.41, 5.74) is 3.14. The Kier molecular flexibility index (Phi) is 5.04. The van der Waals surface area contributed by atoms with E-state index in [0.717, 1.165) is 42.2 Å². The maximum absolute atomic E-state index is 12.9. The van der Waals surface area contributed by atoms with E-state index in [1.165, 1.54) is 0 Å². The van der Waals surface area contributed by atoms with Crippen LogP contribution in [0, 0.1) is 0 Å². The van der Waals surface area contributed by atoms with Crippen LogP contribution in [-0.2, 0) is 11.2 Å². The molecule has 0 spiro atoms. The lowest BCUT2D eigenvalue weighted by Crippen LogP contribution is -2.32. The summed E-state index contributed by atoms with van der Waals surface area (Å²) in [5, 5.41) is 0. The molecule has 0 unspecified atom stereocenters. The fourth-order valence-electron chi connectivity index (χ4n) is 3.12. The fourth-order valence-corrected chi connectivity index (χ4v) is 3.12. The number of carbonyl (C=O) groups excluding carboxylic acids is 1. The van der Waals surface area contributed by atoms with Crippen molar-refractivity contribution in [1.29, 1.82) is 0 Å². The lowest BCUT2D eigenvalue weighted by atomic mass is 10.1. The molecule has 0 saturated carbocycles. The van der Waals surface area contributed by atoms with E-state index in [1.807, 2.05) is 54.3 Å². The van der Waals surface area contributed by atoms with E-state index in [2.05, 4.69) is 18.0 Å². The molecule has 0 fully saturated rings. The van der Waals surface area contributed by atoms with Gasteiger partial charge in [-0.25, -0.2) is 0 Å². The summed E-state index contributed by atoms with van der Waals surface area (Å²) >= 11 is 0. The zero-order valence-corrected chi connectivity index (χ0v) is 14.4. The van der Waals surface area contributed by atoms with E-state index in [1.54, 1.807) is 0 Å². The zero-order chi connectivity index (χ0) is 16.9. The van der Waals surface area contributed by atoms with Crippen molar-refractivity contribution >= 4 is 17.3 Å². The monoisotopic (exact) mass is 324 g/mol. The second-order valence-electron chi connectivity index (χ2n) is 6.06. The first kappa shape index (κ1) is 16.4. The van der Waals surface area contributed by atoms with Gasteiger partial charge in [0.1, 0.15) is 5.75 Å². The van der Waals surface area contributed by atoms with E-state index >= 15 is 0 Å². The van der Waals surface area contributed by atoms with Crippen LogP contribution in [0.1, 0.15) is 18.9 Å². The molecule has 24 heavy (non-hydrogen) atoms. The van der Waals surface area contributed by atoms with E-state index in [4.69, 9.17) is 4.74 Å². The number of ether oxygens (including phenoxy) is 1. The third kappa shape index (κ3) is 3.53. The Bertz CT molecular complexity index is 697. The first-order valence-corrected chi connectivity index (χ1v) is 8.51. The number of fused-ring (bicyclic) bond motifs is 1. The van der Waals surface area contributed by atoms with Gasteiger partial charge in [-0.3, -0.25) is 4.79 Å². The topological polar surface area (TPSA) is 32.8 Å². The van der Waals surface area contributed by atoms with Gasteiger partial charge < -0.3 is 14.5 Å². The number of carbonyl (C=O) groups is 1. The van der Waals surface area contributed by atoms with E-state index in [-0.39, 0.29) is 5.91 Å². The lowest BCUT2D eigenvalue weighted by Gasteiger charge is -2.24. The van der Waals surface area contributed by atoms with Crippen molar-refractivity contribution in [2.24, 2.45) is 0 Å². The van der Waals surface area contributed by atoms with Crippen LogP contribution in [0.15, 0.2) is 48.5 Å². The van der Waals surface area contributed by atoms with Crippen LogP contribution in [-0.4, -0.2) is 32.7 Å². The predicted octanol–water partition coefficient (Wildman–Crippen LogP) is 3.50. The van der Waals surface area contributed by atoms with Crippen molar-refractivity contribution in [3.8, 4) is 5.75 Å². The second-order valence-corrected chi connectivity index (χ2v) is 6.06. The van der Waals surface area contributed by atoms with Gasteiger partial charge in [-0.15, -0.1) is 0 Å². The summed E-state index contributed by atoms with van der Waals surface area (Å²) in [7, 11) is 2.08. The Balaban J connectivity index is 1.78. The summed E-state index contributed by atoms with van der Waals surface area (Å²) in [6.45, 7) is 4.34. The third-order valence-electron chi connectivity index (χ3n) is 4.35. The normalized spacial score (nSPS) is 14.1. The Morgan fingerprint density at radius 3 is 2.46 bits per heavy atom. The van der Waals surface area contributed by atoms with Crippen molar-refractivity contribution in [3.05, 3.63) is 54.1 Å². The van der Waals surface area contributed by atoms with Gasteiger partial charge in [-0.1, -0.05) is 24.3 Å². The largest absolute Gasteiger partial charge is 0.494 e. The standard InChI is InChI=1S/C20H24N2O2/c1-3-24-17-11-9-16(10-12-17)15-20(23)22-14-6-13-21(2)18-7-4-5-8-19(18)22/h4-5,7-12H,3,6,13-15H2,1-2H3. The Hall–Kier alpha value is -2.49. The molecule has 0 aromatic heterocycles. The van der Waals surface area contributed by atoms with Gasteiger partial charge in [0.25, 0.3) is 0 Å². The highest BCUT2D eigenvalue weighted by atomic mass is 16.5. The molecule has 126 valence electrons. The van der Waals surface area contributed by atoms with E-state index < -0.39 is 0 Å². The summed E-state index contributed by atoms with van der Waals surface area (Å²) in [4.78, 5) is 17.0. The number of anilines is 2. The molecule has 2 aromatic rings. The highest BCUT2D eigenvalue weighted by Crippen LogP contribution is 2.31. The van der Waals surface area contributed by atoms with E-state index in [9.17, 15) is 4.79 Å². The van der Waals surface area contributed by atoms with Gasteiger partial charge in [-0.2, -0.15) is 0 Å². The van der Waals surface area contributed by atoms with Gasteiger partial charge in [0.05, 0.1) is 24.4 Å². The van der Waals surface area contributed by atoms with Gasteiger partial charge in [0.2, 0.25) is 5.91 Å². The average Bonchev–Trinajstić information content (AvgIpc) is 2.76. The highest BCUT2D eigenvalue weighted by Gasteiger charge is 2.22. The number of nitrogens with zero attached hydrogens (tertiary/aromatic N) is 2. The van der Waals surface area contributed by atoms with Crippen molar-refractivity contribution in [3.63, 3.8) is 0 Å². The summed E-state index contributed by atoms with van der Waals surface area (Å²) in [6, 6.07) is 15.9. The Labute approximate surface area is 143 Å². The number of benzene rings is 2. The maximum atomic E-state index is 12.9. The summed E-state index contributed by atoms with van der Waals surface area (Å²) in [5.74, 6) is 0.984. The first-order chi connectivity index (χ1) is 11.7. The number of para-hydroxylation sites is 2. The molecule has 0 atom stereocenters. The molecule has 1 aliphatic rings. The van der Waals surface area contributed by atoms with Gasteiger partial charge in [0, 0.05) is 20.1 Å². The molecule has 1 amide bonds. The molecule has 0 saturated heterocycles. The number of hydrogen-bond acceptors (Lipinski definition) is 3. The van der Waals surface area contributed by atoms with Crippen LogP contribution >= 0.6 is 0 Å². The third-order valence-corrected chi connectivity index (χ3v) is 4.35. The van der Waals surface area contributed by atoms with Crippen molar-refractivity contribution in [2.75, 3.05) is 36.5 Å². The Morgan fingerprint density at radius 1 is 1.04 bits per heavy atom. The Morgan fingerprint density at radius 2 is 1.75 bits per heavy atom. The van der Waals surface area contributed by atoms with Crippen molar-refractivity contribution < 1.29 is 9.53 Å². The second kappa shape index (κ2) is 7.39. The van der Waals surface area contributed by atoms with Gasteiger partial charge in [0.15, 0.2) is 0 Å². The maximum Gasteiger partial charge on any atom is 0.231 e. The fraction of sp³-hybridized carbons (Fsp3) is 0.350. The van der Waals surface area contributed by atoms with Crippen LogP contribution < -0.4 is 14.5 Å². The minimum atomic E-state index is 0.141. The number of rotatable bonds is 4. The highest BCUT2D eigenvalue weighted by molar-refractivity contribution is 5.98. The summed E-state index contributed by atoms with van der Waals surface area (Å²) < 4.78 is 5.46. The molecule has 3 rings (SSSR count). The minimum Gasteiger partial charge on any atom is -0.494 e. The minimum absolute atomic E-state index is 0.141. The van der Waals surface area contributed by atoms with Gasteiger partial charge in [-0.05, 0) is 43.2 Å². The predicted molar refractivity (Wildman–Crippen MR) is 98.0 cm³/mol. The molecule has 0 radical (unpaired) electrons. The van der Waals surface area contributed by atoms with E-state index in [0.29, 0.717) is 13.0 Å². The molecule has 1 aliphatic heterocycles. The molecule has 4 nitrogen and oxygen atoms in total. The summed E-state index contributed by atoms with van der Waals surface area (Å²) in [6.07, 6.45) is 1.38. The molecule has 0 bridgehead atoms. The molecule has 4 heteroatoms. The lowest BCUT2D eigenvalue weighted by molar-refractivity contribution is -0.118. The SMILES string of the molecule is CCOc1ccc(CC(=O)N2CCCN(C)c3ccccc32)cc1. The number of hydrogen-bond donors (Lipinski definition) is 0. The molecular formula is C20H24N2O2. The zero-order valence-electron chi connectivity index (χ0n) is 14.4. The molecule has 1 heterocycles. The molecular weight excluding hydrogens is 300 g/mol. The first-order valence-electron chi connectivity index (χ1n) is 8.51. The average molecular weight is 324 g/mol. The molecule has 2 aromatic carbocycles.